The molecule has 0 radical (unpaired) electrons. The van der Waals surface area contributed by atoms with E-state index in [1.807, 2.05) is 28.2 Å². The SMILES string of the molecule is O=C(Nc1nccs1)c1cccn2cc(-c3cccc(CN4CCCC4)c3)nc12. The Balaban J connectivity index is 1.45. The number of nitrogens with one attached hydrogen (secondary N) is 1. The monoisotopic (exact) mass is 403 g/mol. The second-order valence-corrected chi connectivity index (χ2v) is 8.15. The van der Waals surface area contributed by atoms with Crippen molar-refractivity contribution < 1.29 is 4.79 Å². The normalized spacial score (nSPS) is 14.5. The highest BCUT2D eigenvalue weighted by Crippen LogP contribution is 2.24. The number of benzene rings is 1. The number of carbonyl (C=O) groups is 1. The fourth-order valence-corrected chi connectivity index (χ4v) is 4.33. The van der Waals surface area contributed by atoms with Crippen LogP contribution < -0.4 is 5.32 Å². The van der Waals surface area contributed by atoms with E-state index in [2.05, 4.69) is 39.5 Å². The second kappa shape index (κ2) is 7.77. The Labute approximate surface area is 172 Å². The van der Waals surface area contributed by atoms with Crippen molar-refractivity contribution in [1.82, 2.24) is 19.3 Å². The van der Waals surface area contributed by atoms with Gasteiger partial charge in [0.25, 0.3) is 5.91 Å². The second-order valence-electron chi connectivity index (χ2n) is 7.25. The highest BCUT2D eigenvalue weighted by Gasteiger charge is 2.16. The van der Waals surface area contributed by atoms with Crippen molar-refractivity contribution in [3.05, 3.63) is 71.5 Å². The van der Waals surface area contributed by atoms with E-state index in [0.29, 0.717) is 16.3 Å². The number of likely N-dealkylation sites (tertiary alicyclic amines) is 1. The zero-order valence-electron chi connectivity index (χ0n) is 15.9. The van der Waals surface area contributed by atoms with Crippen LogP contribution in [0.2, 0.25) is 0 Å². The molecule has 0 aliphatic carbocycles. The predicted molar refractivity (Wildman–Crippen MR) is 115 cm³/mol. The molecule has 6 nitrogen and oxygen atoms in total. The fraction of sp³-hybridized carbons (Fsp3) is 0.227. The summed E-state index contributed by atoms with van der Waals surface area (Å²) in [5.41, 5.74) is 4.39. The number of amides is 1. The number of aromatic nitrogens is 3. The van der Waals surface area contributed by atoms with Crippen molar-refractivity contribution in [2.24, 2.45) is 0 Å². The van der Waals surface area contributed by atoms with E-state index in [4.69, 9.17) is 4.98 Å². The number of imidazole rings is 1. The molecule has 29 heavy (non-hydrogen) atoms. The van der Waals surface area contributed by atoms with E-state index in [1.54, 1.807) is 12.3 Å². The Hall–Kier alpha value is -3.03. The predicted octanol–water partition coefficient (Wildman–Crippen LogP) is 4.31. The Kier molecular flexibility index (Phi) is 4.83. The largest absolute Gasteiger partial charge is 0.306 e. The summed E-state index contributed by atoms with van der Waals surface area (Å²) in [4.78, 5) is 24.1. The first kappa shape index (κ1) is 18.0. The van der Waals surface area contributed by atoms with Crippen LogP contribution in [0.4, 0.5) is 5.13 Å². The lowest BCUT2D eigenvalue weighted by Crippen LogP contribution is -2.18. The highest BCUT2D eigenvalue weighted by atomic mass is 32.1. The Bertz CT molecular complexity index is 1150. The van der Waals surface area contributed by atoms with Crippen LogP contribution in [0.3, 0.4) is 0 Å². The molecule has 146 valence electrons. The van der Waals surface area contributed by atoms with Gasteiger partial charge < -0.3 is 4.40 Å². The van der Waals surface area contributed by atoms with Gasteiger partial charge in [0.2, 0.25) is 0 Å². The van der Waals surface area contributed by atoms with Crippen LogP contribution in [0.15, 0.2) is 60.4 Å². The van der Waals surface area contributed by atoms with E-state index in [-0.39, 0.29) is 5.91 Å². The number of rotatable bonds is 5. The van der Waals surface area contributed by atoms with Crippen LogP contribution in [0.1, 0.15) is 28.8 Å². The van der Waals surface area contributed by atoms with E-state index < -0.39 is 0 Å². The number of carbonyl (C=O) groups excluding carboxylic acids is 1. The first-order valence-corrected chi connectivity index (χ1v) is 10.6. The molecule has 3 aromatic heterocycles. The maximum Gasteiger partial charge on any atom is 0.261 e. The molecule has 1 N–H and O–H groups in total. The number of nitrogens with zero attached hydrogens (tertiary/aromatic N) is 4. The summed E-state index contributed by atoms with van der Waals surface area (Å²) < 4.78 is 1.90. The van der Waals surface area contributed by atoms with Crippen LogP contribution in [0.5, 0.6) is 0 Å². The summed E-state index contributed by atoms with van der Waals surface area (Å²) in [6.07, 6.45) is 8.14. The average Bonchev–Trinajstić information content (AvgIpc) is 3.49. The summed E-state index contributed by atoms with van der Waals surface area (Å²) >= 11 is 1.39. The molecule has 1 aliphatic heterocycles. The molecule has 0 atom stereocenters. The Morgan fingerprint density at radius 3 is 2.90 bits per heavy atom. The summed E-state index contributed by atoms with van der Waals surface area (Å²) in [6, 6.07) is 12.2. The van der Waals surface area contributed by atoms with Gasteiger partial charge in [-0.05, 0) is 49.7 Å². The molecule has 1 aromatic carbocycles. The van der Waals surface area contributed by atoms with Crippen LogP contribution >= 0.6 is 11.3 Å². The lowest BCUT2D eigenvalue weighted by atomic mass is 10.1. The number of thiazole rings is 1. The van der Waals surface area contributed by atoms with Crippen molar-refractivity contribution >= 4 is 28.0 Å². The molecule has 0 bridgehead atoms. The highest BCUT2D eigenvalue weighted by molar-refractivity contribution is 7.13. The molecule has 0 saturated carbocycles. The molecule has 1 amide bonds. The van der Waals surface area contributed by atoms with Gasteiger partial charge >= 0.3 is 0 Å². The van der Waals surface area contributed by atoms with Crippen LogP contribution in [-0.4, -0.2) is 38.3 Å². The number of hydrogen-bond acceptors (Lipinski definition) is 5. The van der Waals surface area contributed by atoms with E-state index in [9.17, 15) is 4.79 Å². The van der Waals surface area contributed by atoms with Gasteiger partial charge in [-0.2, -0.15) is 0 Å². The zero-order valence-corrected chi connectivity index (χ0v) is 16.7. The summed E-state index contributed by atoms with van der Waals surface area (Å²) in [7, 11) is 0. The maximum absolute atomic E-state index is 12.7. The van der Waals surface area contributed by atoms with Crippen LogP contribution in [0, 0.1) is 0 Å². The van der Waals surface area contributed by atoms with Crippen molar-refractivity contribution in [2.45, 2.75) is 19.4 Å². The molecule has 1 saturated heterocycles. The Morgan fingerprint density at radius 1 is 1.17 bits per heavy atom. The van der Waals surface area contributed by atoms with E-state index in [0.717, 1.165) is 17.8 Å². The quantitative estimate of drug-likeness (QED) is 0.539. The maximum atomic E-state index is 12.7. The number of anilines is 1. The van der Waals surface area contributed by atoms with E-state index in [1.165, 1.54) is 42.8 Å². The molecule has 5 rings (SSSR count). The van der Waals surface area contributed by atoms with Gasteiger partial charge in [-0.15, -0.1) is 11.3 Å². The molecular weight excluding hydrogens is 382 g/mol. The van der Waals surface area contributed by atoms with Gasteiger partial charge in [0.05, 0.1) is 11.3 Å². The van der Waals surface area contributed by atoms with Crippen molar-refractivity contribution in [3.63, 3.8) is 0 Å². The molecule has 0 spiro atoms. The summed E-state index contributed by atoms with van der Waals surface area (Å²) in [6.45, 7) is 3.33. The van der Waals surface area contributed by atoms with E-state index >= 15 is 0 Å². The van der Waals surface area contributed by atoms with Gasteiger partial charge in [-0.3, -0.25) is 15.0 Å². The third-order valence-corrected chi connectivity index (χ3v) is 5.90. The van der Waals surface area contributed by atoms with Crippen molar-refractivity contribution in [2.75, 3.05) is 18.4 Å². The molecule has 1 fully saturated rings. The van der Waals surface area contributed by atoms with Crippen molar-refractivity contribution in [1.29, 1.82) is 0 Å². The van der Waals surface area contributed by atoms with Crippen molar-refractivity contribution in [3.8, 4) is 11.3 Å². The third-order valence-electron chi connectivity index (χ3n) is 5.21. The molecular formula is C22H21N5OS. The van der Waals surface area contributed by atoms with Crippen LogP contribution in [0.25, 0.3) is 16.9 Å². The minimum Gasteiger partial charge on any atom is -0.306 e. The van der Waals surface area contributed by atoms with Gasteiger partial charge in [-0.25, -0.2) is 9.97 Å². The van der Waals surface area contributed by atoms with Crippen LogP contribution in [-0.2, 0) is 6.54 Å². The molecule has 0 unspecified atom stereocenters. The smallest absolute Gasteiger partial charge is 0.261 e. The number of hydrogen-bond donors (Lipinski definition) is 1. The van der Waals surface area contributed by atoms with Gasteiger partial charge in [0.15, 0.2) is 5.13 Å². The molecule has 1 aliphatic rings. The lowest BCUT2D eigenvalue weighted by molar-refractivity contribution is 0.102. The first-order valence-electron chi connectivity index (χ1n) is 9.76. The zero-order chi connectivity index (χ0) is 19.6. The summed E-state index contributed by atoms with van der Waals surface area (Å²) in [5.74, 6) is -0.203. The van der Waals surface area contributed by atoms with Gasteiger partial charge in [-0.1, -0.05) is 18.2 Å². The standard InChI is InChI=1S/C22H21N5OS/c28-21(25-22-23-8-12-29-22)18-7-4-11-27-15-19(24-20(18)27)17-6-3-5-16(13-17)14-26-9-1-2-10-26/h3-8,11-13,15H,1-2,9-10,14H2,(H,23,25,28). The van der Waals surface area contributed by atoms with Gasteiger partial charge in [0, 0.05) is 36.1 Å². The number of fused-ring (bicyclic) bond motifs is 1. The molecule has 4 aromatic rings. The minimum absolute atomic E-state index is 0.203. The first-order chi connectivity index (χ1) is 14.3. The lowest BCUT2D eigenvalue weighted by Gasteiger charge is -2.14. The molecule has 7 heteroatoms. The molecule has 4 heterocycles. The third kappa shape index (κ3) is 3.79. The minimum atomic E-state index is -0.203. The fourth-order valence-electron chi connectivity index (χ4n) is 3.81. The number of pyridine rings is 1. The topological polar surface area (TPSA) is 62.5 Å². The Morgan fingerprint density at radius 2 is 2.07 bits per heavy atom. The average molecular weight is 404 g/mol. The van der Waals surface area contributed by atoms with Gasteiger partial charge in [0.1, 0.15) is 5.65 Å². The summed E-state index contributed by atoms with van der Waals surface area (Å²) in [5, 5.41) is 5.25.